The average Bonchev–Trinajstić information content (AvgIpc) is 3.09. The van der Waals surface area contributed by atoms with Crippen molar-refractivity contribution in [3.63, 3.8) is 0 Å². The Kier molecular flexibility index (Phi) is 8.37. The van der Waals surface area contributed by atoms with E-state index in [0.29, 0.717) is 28.7 Å². The molecule has 0 saturated carbocycles. The van der Waals surface area contributed by atoms with Crippen molar-refractivity contribution in [2.75, 3.05) is 4.90 Å². The van der Waals surface area contributed by atoms with Gasteiger partial charge in [0.25, 0.3) is 0 Å². The molecule has 2 aromatic carbocycles. The fourth-order valence-corrected chi connectivity index (χ4v) is 4.25. The van der Waals surface area contributed by atoms with Crippen LogP contribution in [0.1, 0.15) is 78.3 Å². The molecule has 1 aromatic heterocycles. The number of Topliss-reactive ketones (excluding diaryl/α,β-unsaturated/α-hetero) is 1. The van der Waals surface area contributed by atoms with Crippen LogP contribution >= 0.6 is 0 Å². The molecule has 1 amide bonds. The van der Waals surface area contributed by atoms with Gasteiger partial charge in [0, 0.05) is 16.8 Å². The molecule has 2 heterocycles. The first kappa shape index (κ1) is 26.9. The minimum atomic E-state index is -0.817. The van der Waals surface area contributed by atoms with Crippen molar-refractivity contribution in [2.45, 2.75) is 52.5 Å². The molecular formula is C29H29N2NaO3. The number of carbonyl (C=O) groups excluding carboxylic acids is 2. The Morgan fingerprint density at radius 2 is 1.43 bits per heavy atom. The summed E-state index contributed by atoms with van der Waals surface area (Å²) in [5.41, 5.74) is 4.60. The van der Waals surface area contributed by atoms with E-state index in [2.05, 4.69) is 32.7 Å². The first-order chi connectivity index (χ1) is 16.2. The number of rotatable bonds is 6. The Balaban J connectivity index is 0.00000342. The SMILES string of the molecule is Cc1ccc(N2C(=O)C([O-])=C(C(=O)c3ccc(C(C)C)cc3)C2c2ccc(C(C)C)cc2)cn1.[Na+]. The molecule has 1 aliphatic rings. The Hall–Kier alpha value is -2.73. The molecule has 4 rings (SSSR count). The number of aromatic nitrogens is 1. The molecule has 1 atom stereocenters. The number of nitrogens with zero attached hydrogens (tertiary/aromatic N) is 2. The summed E-state index contributed by atoms with van der Waals surface area (Å²) in [6.07, 6.45) is 1.57. The van der Waals surface area contributed by atoms with Crippen LogP contribution in [-0.2, 0) is 4.79 Å². The fraction of sp³-hybridized carbons (Fsp3) is 0.276. The number of ketones is 1. The van der Waals surface area contributed by atoms with Crippen LogP contribution in [0.25, 0.3) is 0 Å². The zero-order chi connectivity index (χ0) is 24.6. The minimum absolute atomic E-state index is 0. The summed E-state index contributed by atoms with van der Waals surface area (Å²) in [7, 11) is 0. The average molecular weight is 477 g/mol. The number of pyridine rings is 1. The number of hydrogen-bond donors (Lipinski definition) is 0. The smallest absolute Gasteiger partial charge is 0.868 e. The van der Waals surface area contributed by atoms with Gasteiger partial charge in [-0.25, -0.2) is 0 Å². The normalized spacial score (nSPS) is 15.7. The molecule has 0 bridgehead atoms. The van der Waals surface area contributed by atoms with Crippen molar-refractivity contribution in [3.05, 3.63) is 106 Å². The molecule has 6 heteroatoms. The summed E-state index contributed by atoms with van der Waals surface area (Å²) in [6, 6.07) is 17.8. The maximum Gasteiger partial charge on any atom is 1.00 e. The number of benzene rings is 2. The Morgan fingerprint density at radius 3 is 1.91 bits per heavy atom. The van der Waals surface area contributed by atoms with Crippen LogP contribution in [0.5, 0.6) is 0 Å². The summed E-state index contributed by atoms with van der Waals surface area (Å²) in [6.45, 7) is 10.2. The topological polar surface area (TPSA) is 73.3 Å². The van der Waals surface area contributed by atoms with Crippen LogP contribution in [0.3, 0.4) is 0 Å². The molecule has 1 aliphatic heterocycles. The van der Waals surface area contributed by atoms with Crippen LogP contribution in [0, 0.1) is 6.92 Å². The van der Waals surface area contributed by atoms with Gasteiger partial charge in [-0.05, 0) is 53.3 Å². The van der Waals surface area contributed by atoms with E-state index in [0.717, 1.165) is 16.8 Å². The van der Waals surface area contributed by atoms with Gasteiger partial charge < -0.3 is 5.11 Å². The van der Waals surface area contributed by atoms with Crippen molar-refractivity contribution in [1.29, 1.82) is 0 Å². The van der Waals surface area contributed by atoms with Crippen LogP contribution in [0.2, 0.25) is 0 Å². The molecule has 1 unspecified atom stereocenters. The van der Waals surface area contributed by atoms with Crippen molar-refractivity contribution in [2.24, 2.45) is 0 Å². The van der Waals surface area contributed by atoms with Crippen molar-refractivity contribution < 1.29 is 44.3 Å². The summed E-state index contributed by atoms with van der Waals surface area (Å²) in [5, 5.41) is 13.2. The second-order valence-corrected chi connectivity index (χ2v) is 9.41. The van der Waals surface area contributed by atoms with Gasteiger partial charge in [0.05, 0.1) is 17.9 Å². The minimum Gasteiger partial charge on any atom is -0.868 e. The van der Waals surface area contributed by atoms with Gasteiger partial charge in [-0.1, -0.05) is 76.2 Å². The molecule has 0 spiro atoms. The molecule has 5 nitrogen and oxygen atoms in total. The quantitative estimate of drug-likeness (QED) is 0.404. The summed E-state index contributed by atoms with van der Waals surface area (Å²) < 4.78 is 0. The molecule has 174 valence electrons. The van der Waals surface area contributed by atoms with Crippen molar-refractivity contribution in [3.8, 4) is 0 Å². The number of anilines is 1. The Labute approximate surface area is 229 Å². The molecule has 35 heavy (non-hydrogen) atoms. The third kappa shape index (κ3) is 5.27. The number of amides is 1. The largest absolute Gasteiger partial charge is 1.00 e. The molecule has 3 aromatic rings. The monoisotopic (exact) mass is 476 g/mol. The summed E-state index contributed by atoms with van der Waals surface area (Å²) in [5.74, 6) is -1.25. The standard InChI is InChI=1S/C29H30N2O3.Na/c1-17(2)20-7-11-22(12-8-20)26-25(27(32)23-13-9-21(10-14-23)18(3)4)28(33)29(34)31(26)24-15-6-19(5)30-16-24;/h6-18,26,33H,1-5H3;/q;+1/p-1. The van der Waals surface area contributed by atoms with Crippen LogP contribution < -0.4 is 39.6 Å². The number of hydrogen-bond acceptors (Lipinski definition) is 4. The van der Waals surface area contributed by atoms with E-state index in [1.807, 2.05) is 43.3 Å². The second-order valence-electron chi connectivity index (χ2n) is 9.41. The molecular weight excluding hydrogens is 447 g/mol. The van der Waals surface area contributed by atoms with Gasteiger partial charge in [-0.3, -0.25) is 19.5 Å². The molecule has 0 saturated heterocycles. The maximum atomic E-state index is 13.6. The number of aryl methyl sites for hydroxylation is 1. The van der Waals surface area contributed by atoms with Gasteiger partial charge >= 0.3 is 29.6 Å². The molecule has 0 N–H and O–H groups in total. The third-order valence-electron chi connectivity index (χ3n) is 6.37. The van der Waals surface area contributed by atoms with Gasteiger partial charge in [0.1, 0.15) is 0 Å². The van der Waals surface area contributed by atoms with E-state index in [-0.39, 0.29) is 35.1 Å². The van der Waals surface area contributed by atoms with E-state index in [9.17, 15) is 14.7 Å². The van der Waals surface area contributed by atoms with Gasteiger partial charge in [0.15, 0.2) is 5.78 Å². The van der Waals surface area contributed by atoms with Gasteiger partial charge in [-0.15, -0.1) is 0 Å². The maximum absolute atomic E-state index is 13.6. The van der Waals surface area contributed by atoms with E-state index < -0.39 is 23.5 Å². The number of carbonyl (C=O) groups is 2. The second kappa shape index (κ2) is 10.9. The van der Waals surface area contributed by atoms with E-state index >= 15 is 0 Å². The van der Waals surface area contributed by atoms with Gasteiger partial charge in [-0.2, -0.15) is 0 Å². The summed E-state index contributed by atoms with van der Waals surface area (Å²) >= 11 is 0. The van der Waals surface area contributed by atoms with E-state index in [1.165, 1.54) is 4.90 Å². The van der Waals surface area contributed by atoms with Gasteiger partial charge in [0.2, 0.25) is 5.91 Å². The first-order valence-corrected chi connectivity index (χ1v) is 11.6. The van der Waals surface area contributed by atoms with Crippen LogP contribution in [-0.4, -0.2) is 16.7 Å². The fourth-order valence-electron chi connectivity index (χ4n) is 4.25. The summed E-state index contributed by atoms with van der Waals surface area (Å²) in [4.78, 5) is 32.5. The molecule has 0 radical (unpaired) electrons. The predicted octanol–water partition coefficient (Wildman–Crippen LogP) is 2.23. The van der Waals surface area contributed by atoms with Crippen LogP contribution in [0.4, 0.5) is 5.69 Å². The zero-order valence-electron chi connectivity index (χ0n) is 21.2. The predicted molar refractivity (Wildman–Crippen MR) is 132 cm³/mol. The van der Waals surface area contributed by atoms with Crippen molar-refractivity contribution >= 4 is 17.4 Å². The Bertz CT molecular complexity index is 1240. The zero-order valence-corrected chi connectivity index (χ0v) is 23.2. The van der Waals surface area contributed by atoms with E-state index in [1.54, 1.807) is 30.5 Å². The molecule has 0 fully saturated rings. The van der Waals surface area contributed by atoms with E-state index in [4.69, 9.17) is 0 Å². The van der Waals surface area contributed by atoms with Crippen LogP contribution in [0.15, 0.2) is 78.2 Å². The Morgan fingerprint density at radius 1 is 0.886 bits per heavy atom. The molecule has 0 aliphatic carbocycles. The third-order valence-corrected chi connectivity index (χ3v) is 6.37. The van der Waals surface area contributed by atoms with Crippen molar-refractivity contribution in [1.82, 2.24) is 4.98 Å². The first-order valence-electron chi connectivity index (χ1n) is 11.6.